The molecule has 1 saturated heterocycles. The quantitative estimate of drug-likeness (QED) is 0.796. The van der Waals surface area contributed by atoms with Crippen LogP contribution >= 0.6 is 40.3 Å². The van der Waals surface area contributed by atoms with Crippen molar-refractivity contribution in [2.75, 3.05) is 18.1 Å². The lowest BCUT2D eigenvalue weighted by Crippen LogP contribution is -2.44. The summed E-state index contributed by atoms with van der Waals surface area (Å²) in [7, 11) is 0. The van der Waals surface area contributed by atoms with Crippen LogP contribution in [0.5, 0.6) is 0 Å². The van der Waals surface area contributed by atoms with Crippen molar-refractivity contribution in [1.82, 2.24) is 4.90 Å². The van der Waals surface area contributed by atoms with Gasteiger partial charge in [0, 0.05) is 33.5 Å². The highest BCUT2D eigenvalue weighted by Crippen LogP contribution is 2.24. The summed E-state index contributed by atoms with van der Waals surface area (Å²) < 4.78 is 0.946. The number of benzene rings is 1. The summed E-state index contributed by atoms with van der Waals surface area (Å²) in [4.78, 5) is 15.1. The molecule has 1 amide bonds. The largest absolute Gasteiger partial charge is 0.334 e. The molecule has 0 bridgehead atoms. The molecule has 1 unspecified atom stereocenters. The Morgan fingerprint density at radius 1 is 1.59 bits per heavy atom. The Bertz CT molecular complexity index is 439. The fraction of sp³-hybridized carbons (Fsp3) is 0.417. The normalized spacial score (nSPS) is 20.4. The molecule has 1 aromatic carbocycles. The van der Waals surface area contributed by atoms with Gasteiger partial charge in [-0.05, 0) is 25.1 Å². The van der Waals surface area contributed by atoms with Gasteiger partial charge in [0.15, 0.2) is 0 Å². The van der Waals surface area contributed by atoms with E-state index in [2.05, 4.69) is 35.5 Å². The van der Waals surface area contributed by atoms with Crippen molar-refractivity contribution in [1.29, 1.82) is 0 Å². The second kappa shape index (κ2) is 5.67. The maximum atomic E-state index is 12.4. The van der Waals surface area contributed by atoms with Crippen molar-refractivity contribution in [3.05, 3.63) is 28.2 Å². The molecule has 1 aliphatic heterocycles. The summed E-state index contributed by atoms with van der Waals surface area (Å²) >= 11 is 9.66. The molecule has 0 saturated carbocycles. The molecule has 17 heavy (non-hydrogen) atoms. The van der Waals surface area contributed by atoms with E-state index in [1.165, 1.54) is 0 Å². The minimum Gasteiger partial charge on any atom is -0.334 e. The van der Waals surface area contributed by atoms with E-state index in [-0.39, 0.29) is 5.91 Å². The zero-order valence-corrected chi connectivity index (χ0v) is 12.8. The molecule has 1 fully saturated rings. The van der Waals surface area contributed by atoms with Crippen LogP contribution in [0, 0.1) is 0 Å². The Hall–Kier alpha value is -0.130. The lowest BCUT2D eigenvalue weighted by atomic mass is 10.1. The summed E-state index contributed by atoms with van der Waals surface area (Å²) in [6, 6.07) is 5.89. The molecule has 2 rings (SSSR count). The predicted molar refractivity (Wildman–Crippen MR) is 79.2 cm³/mol. The van der Waals surface area contributed by atoms with E-state index in [4.69, 9.17) is 0 Å². The SMILES string of the molecule is CC1CSCCN1C(=O)c1ccc(Br)cc1S. The first-order valence-electron chi connectivity index (χ1n) is 5.47. The Kier molecular flexibility index (Phi) is 4.44. The minimum absolute atomic E-state index is 0.0929. The Morgan fingerprint density at radius 2 is 2.35 bits per heavy atom. The van der Waals surface area contributed by atoms with Crippen LogP contribution < -0.4 is 0 Å². The van der Waals surface area contributed by atoms with Gasteiger partial charge in [0.1, 0.15) is 0 Å². The number of rotatable bonds is 1. The van der Waals surface area contributed by atoms with Gasteiger partial charge in [-0.15, -0.1) is 12.6 Å². The topological polar surface area (TPSA) is 20.3 Å². The van der Waals surface area contributed by atoms with Gasteiger partial charge < -0.3 is 4.90 Å². The van der Waals surface area contributed by atoms with Crippen molar-refractivity contribution >= 4 is 46.2 Å². The summed E-state index contributed by atoms with van der Waals surface area (Å²) in [5, 5.41) is 0. The van der Waals surface area contributed by atoms with Crippen LogP contribution in [0.2, 0.25) is 0 Å². The summed E-state index contributed by atoms with van der Waals surface area (Å²) in [6.45, 7) is 2.93. The zero-order chi connectivity index (χ0) is 12.4. The maximum Gasteiger partial charge on any atom is 0.255 e. The zero-order valence-electron chi connectivity index (χ0n) is 9.52. The third-order valence-electron chi connectivity index (χ3n) is 2.82. The van der Waals surface area contributed by atoms with E-state index in [0.717, 1.165) is 27.4 Å². The van der Waals surface area contributed by atoms with Gasteiger partial charge in [-0.3, -0.25) is 4.79 Å². The molecule has 1 aromatic rings. The standard InChI is InChI=1S/C12H14BrNOS2/c1-8-7-17-5-4-14(8)12(15)10-3-2-9(13)6-11(10)16/h2-3,6,8,16H,4-5,7H2,1H3. The average Bonchev–Trinajstić information content (AvgIpc) is 2.29. The van der Waals surface area contributed by atoms with Crippen LogP contribution in [-0.2, 0) is 0 Å². The van der Waals surface area contributed by atoms with Gasteiger partial charge >= 0.3 is 0 Å². The third-order valence-corrected chi connectivity index (χ3v) is 4.87. The number of thiol groups is 1. The molecular formula is C12H14BrNOS2. The summed E-state index contributed by atoms with van der Waals surface area (Å²) in [5.74, 6) is 2.13. The van der Waals surface area contributed by atoms with Crippen LogP contribution in [0.25, 0.3) is 0 Å². The van der Waals surface area contributed by atoms with Crippen LogP contribution in [0.3, 0.4) is 0 Å². The highest BCUT2D eigenvalue weighted by Gasteiger charge is 2.25. The number of hydrogen-bond acceptors (Lipinski definition) is 3. The van der Waals surface area contributed by atoms with Gasteiger partial charge in [-0.1, -0.05) is 15.9 Å². The van der Waals surface area contributed by atoms with Gasteiger partial charge in [-0.25, -0.2) is 0 Å². The monoisotopic (exact) mass is 331 g/mol. The molecule has 2 nitrogen and oxygen atoms in total. The molecule has 0 N–H and O–H groups in total. The molecule has 0 aromatic heterocycles. The molecule has 1 atom stereocenters. The average molecular weight is 332 g/mol. The van der Waals surface area contributed by atoms with Crippen molar-refractivity contribution in [3.8, 4) is 0 Å². The summed E-state index contributed by atoms with van der Waals surface area (Å²) in [6.07, 6.45) is 0. The first kappa shape index (κ1) is 13.3. The van der Waals surface area contributed by atoms with Crippen molar-refractivity contribution < 1.29 is 4.79 Å². The van der Waals surface area contributed by atoms with Gasteiger partial charge in [0.25, 0.3) is 5.91 Å². The molecular weight excluding hydrogens is 318 g/mol. The highest BCUT2D eigenvalue weighted by molar-refractivity contribution is 9.10. The van der Waals surface area contributed by atoms with Crippen LogP contribution in [0.4, 0.5) is 0 Å². The van der Waals surface area contributed by atoms with E-state index < -0.39 is 0 Å². The Labute approximate surface area is 120 Å². The van der Waals surface area contributed by atoms with Crippen molar-refractivity contribution in [2.45, 2.75) is 17.9 Å². The predicted octanol–water partition coefficient (Wildman–Crippen LogP) is 3.32. The molecule has 5 heteroatoms. The van der Waals surface area contributed by atoms with Gasteiger partial charge in [-0.2, -0.15) is 11.8 Å². The number of nitrogens with zero attached hydrogens (tertiary/aromatic N) is 1. The van der Waals surface area contributed by atoms with Gasteiger partial charge in [0.05, 0.1) is 5.56 Å². The Morgan fingerprint density at radius 3 is 3.00 bits per heavy atom. The second-order valence-electron chi connectivity index (χ2n) is 4.08. The molecule has 92 valence electrons. The molecule has 1 aliphatic rings. The van der Waals surface area contributed by atoms with E-state index in [9.17, 15) is 4.79 Å². The van der Waals surface area contributed by atoms with Crippen molar-refractivity contribution in [3.63, 3.8) is 0 Å². The number of hydrogen-bond donors (Lipinski definition) is 1. The number of carbonyl (C=O) groups is 1. The molecule has 0 aliphatic carbocycles. The fourth-order valence-electron chi connectivity index (χ4n) is 1.87. The highest BCUT2D eigenvalue weighted by atomic mass is 79.9. The minimum atomic E-state index is 0.0929. The Balaban J connectivity index is 2.24. The fourth-order valence-corrected chi connectivity index (χ4v) is 3.73. The molecule has 0 spiro atoms. The lowest BCUT2D eigenvalue weighted by molar-refractivity contribution is 0.0712. The first-order valence-corrected chi connectivity index (χ1v) is 7.86. The van der Waals surface area contributed by atoms with Crippen molar-refractivity contribution in [2.24, 2.45) is 0 Å². The van der Waals surface area contributed by atoms with Gasteiger partial charge in [0.2, 0.25) is 0 Å². The number of amides is 1. The van der Waals surface area contributed by atoms with E-state index in [1.807, 2.05) is 34.9 Å². The number of halogens is 1. The van der Waals surface area contributed by atoms with Crippen LogP contribution in [0.1, 0.15) is 17.3 Å². The van der Waals surface area contributed by atoms with E-state index in [1.54, 1.807) is 0 Å². The van der Waals surface area contributed by atoms with Crippen LogP contribution in [-0.4, -0.2) is 34.9 Å². The third kappa shape index (κ3) is 3.01. The maximum absolute atomic E-state index is 12.4. The second-order valence-corrected chi connectivity index (χ2v) is 6.63. The summed E-state index contributed by atoms with van der Waals surface area (Å²) in [5.41, 5.74) is 0.690. The first-order chi connectivity index (χ1) is 8.09. The van der Waals surface area contributed by atoms with E-state index >= 15 is 0 Å². The molecule has 0 radical (unpaired) electrons. The number of carbonyl (C=O) groups excluding carboxylic acids is 1. The lowest BCUT2D eigenvalue weighted by Gasteiger charge is -2.33. The number of thioether (sulfide) groups is 1. The smallest absolute Gasteiger partial charge is 0.255 e. The van der Waals surface area contributed by atoms with Crippen LogP contribution in [0.15, 0.2) is 27.6 Å². The molecule has 1 heterocycles. The van der Waals surface area contributed by atoms with E-state index in [0.29, 0.717) is 11.6 Å².